The first kappa shape index (κ1) is 15.8. The number of rotatable bonds is 5. The number of hydrogen-bond acceptors (Lipinski definition) is 5. The number of benzene rings is 2. The Balaban J connectivity index is 1.82. The van der Waals surface area contributed by atoms with E-state index < -0.39 is 6.04 Å². The van der Waals surface area contributed by atoms with E-state index in [1.165, 1.54) is 7.11 Å². The first-order valence-electron chi connectivity index (χ1n) is 7.64. The van der Waals surface area contributed by atoms with E-state index in [2.05, 4.69) is 10.3 Å². The number of nitrogens with zero attached hydrogens (tertiary/aromatic N) is 1. The fourth-order valence-corrected chi connectivity index (χ4v) is 2.53. The summed E-state index contributed by atoms with van der Waals surface area (Å²) >= 11 is 0. The summed E-state index contributed by atoms with van der Waals surface area (Å²) in [6.07, 6.45) is 0.432. The number of hydrogen-bond donors (Lipinski definition) is 2. The Bertz CT molecular complexity index is 847. The van der Waals surface area contributed by atoms with Crippen LogP contribution < -0.4 is 5.32 Å². The van der Waals surface area contributed by atoms with Gasteiger partial charge in [-0.15, -0.1) is 0 Å². The van der Waals surface area contributed by atoms with Crippen molar-refractivity contribution in [1.82, 2.24) is 4.98 Å². The van der Waals surface area contributed by atoms with Gasteiger partial charge in [-0.3, -0.25) is 0 Å². The molecule has 24 heavy (non-hydrogen) atoms. The van der Waals surface area contributed by atoms with Gasteiger partial charge in [-0.05, 0) is 35.9 Å². The maximum Gasteiger partial charge on any atom is 0.328 e. The van der Waals surface area contributed by atoms with Crippen LogP contribution in [0.4, 0.5) is 5.82 Å². The fourth-order valence-electron chi connectivity index (χ4n) is 2.53. The lowest BCUT2D eigenvalue weighted by Gasteiger charge is -2.17. The number of aromatic hydroxyl groups is 1. The van der Waals surface area contributed by atoms with Crippen molar-refractivity contribution >= 4 is 22.7 Å². The number of carbonyl (C=O) groups excluding carboxylic acids is 1. The van der Waals surface area contributed by atoms with Crippen LogP contribution in [0.2, 0.25) is 0 Å². The zero-order chi connectivity index (χ0) is 16.9. The lowest BCUT2D eigenvalue weighted by molar-refractivity contribution is -0.141. The third kappa shape index (κ3) is 3.63. The van der Waals surface area contributed by atoms with Gasteiger partial charge in [0.2, 0.25) is 0 Å². The van der Waals surface area contributed by atoms with Crippen molar-refractivity contribution < 1.29 is 14.6 Å². The van der Waals surface area contributed by atoms with Gasteiger partial charge in [0.15, 0.2) is 0 Å². The monoisotopic (exact) mass is 322 g/mol. The van der Waals surface area contributed by atoms with E-state index in [-0.39, 0.29) is 11.7 Å². The van der Waals surface area contributed by atoms with Crippen molar-refractivity contribution in [2.24, 2.45) is 0 Å². The number of phenolic OH excluding ortho intramolecular Hbond substituents is 1. The highest BCUT2D eigenvalue weighted by Gasteiger charge is 2.20. The molecule has 0 aliphatic carbocycles. The van der Waals surface area contributed by atoms with Crippen LogP contribution >= 0.6 is 0 Å². The summed E-state index contributed by atoms with van der Waals surface area (Å²) in [4.78, 5) is 16.6. The molecule has 1 unspecified atom stereocenters. The van der Waals surface area contributed by atoms with Crippen LogP contribution in [0.5, 0.6) is 5.75 Å². The summed E-state index contributed by atoms with van der Waals surface area (Å²) in [5.74, 6) is 0.443. The minimum absolute atomic E-state index is 0.192. The zero-order valence-corrected chi connectivity index (χ0v) is 13.3. The minimum Gasteiger partial charge on any atom is -0.508 e. The molecule has 0 bridgehead atoms. The molecule has 1 atom stereocenters. The molecule has 0 aliphatic rings. The van der Waals surface area contributed by atoms with Crippen molar-refractivity contribution in [3.8, 4) is 5.75 Å². The minimum atomic E-state index is -0.562. The summed E-state index contributed by atoms with van der Waals surface area (Å²) in [7, 11) is 1.36. The van der Waals surface area contributed by atoms with E-state index in [1.807, 2.05) is 36.4 Å². The highest BCUT2D eigenvalue weighted by Crippen LogP contribution is 2.17. The summed E-state index contributed by atoms with van der Waals surface area (Å²) in [5, 5.41) is 13.5. The van der Waals surface area contributed by atoms with Gasteiger partial charge in [-0.1, -0.05) is 30.3 Å². The van der Waals surface area contributed by atoms with Crippen LogP contribution in [0.25, 0.3) is 10.9 Å². The number of methoxy groups -OCH3 is 1. The van der Waals surface area contributed by atoms with E-state index in [0.29, 0.717) is 12.2 Å². The lowest BCUT2D eigenvalue weighted by Crippen LogP contribution is -2.33. The molecule has 3 aromatic rings. The first-order chi connectivity index (χ1) is 11.7. The predicted molar refractivity (Wildman–Crippen MR) is 93.0 cm³/mol. The fraction of sp³-hybridized carbons (Fsp3) is 0.158. The van der Waals surface area contributed by atoms with Crippen molar-refractivity contribution in [2.45, 2.75) is 12.5 Å². The maximum absolute atomic E-state index is 12.1. The van der Waals surface area contributed by atoms with Crippen LogP contribution in [0.3, 0.4) is 0 Å². The topological polar surface area (TPSA) is 71.5 Å². The van der Waals surface area contributed by atoms with Crippen LogP contribution in [0.1, 0.15) is 5.56 Å². The Morgan fingerprint density at radius 2 is 1.88 bits per heavy atom. The molecule has 0 fully saturated rings. The second kappa shape index (κ2) is 7.00. The Labute approximate surface area is 139 Å². The van der Waals surface area contributed by atoms with Gasteiger partial charge in [0.05, 0.1) is 12.6 Å². The first-order valence-corrected chi connectivity index (χ1v) is 7.64. The number of anilines is 1. The Morgan fingerprint density at radius 1 is 1.12 bits per heavy atom. The van der Waals surface area contributed by atoms with Gasteiger partial charge in [-0.2, -0.15) is 0 Å². The third-order valence-electron chi connectivity index (χ3n) is 3.78. The number of phenols is 1. The SMILES string of the molecule is COC(=O)C(Cc1ccc(O)cc1)Nc1ccc2ccccc2n1. The van der Waals surface area contributed by atoms with Crippen LogP contribution in [0.15, 0.2) is 60.7 Å². The molecule has 122 valence electrons. The average Bonchev–Trinajstić information content (AvgIpc) is 2.62. The number of pyridine rings is 1. The molecule has 0 spiro atoms. The summed E-state index contributed by atoms with van der Waals surface area (Å²) in [6.45, 7) is 0. The Hall–Kier alpha value is -3.08. The van der Waals surface area contributed by atoms with Gasteiger partial charge in [0.1, 0.15) is 17.6 Å². The zero-order valence-electron chi connectivity index (χ0n) is 13.3. The predicted octanol–water partition coefficient (Wildman–Crippen LogP) is 3.14. The average molecular weight is 322 g/mol. The van der Waals surface area contributed by atoms with E-state index in [0.717, 1.165) is 16.5 Å². The molecule has 1 aromatic heterocycles. The Kier molecular flexibility index (Phi) is 4.61. The van der Waals surface area contributed by atoms with Crippen molar-refractivity contribution in [3.63, 3.8) is 0 Å². The molecule has 3 rings (SSSR count). The molecule has 0 aliphatic heterocycles. The van der Waals surface area contributed by atoms with Crippen molar-refractivity contribution in [2.75, 3.05) is 12.4 Å². The molecule has 0 radical (unpaired) electrons. The van der Waals surface area contributed by atoms with Gasteiger partial charge < -0.3 is 15.2 Å². The van der Waals surface area contributed by atoms with Crippen LogP contribution in [-0.4, -0.2) is 29.2 Å². The normalized spacial score (nSPS) is 11.9. The number of carbonyl (C=O) groups is 1. The van der Waals surface area contributed by atoms with Crippen molar-refractivity contribution in [3.05, 3.63) is 66.2 Å². The summed E-state index contributed by atoms with van der Waals surface area (Å²) in [5.41, 5.74) is 1.77. The molecule has 5 heteroatoms. The van der Waals surface area contributed by atoms with Crippen LogP contribution in [-0.2, 0) is 16.0 Å². The second-order valence-electron chi connectivity index (χ2n) is 5.48. The molecule has 2 aromatic carbocycles. The quantitative estimate of drug-likeness (QED) is 0.706. The number of fused-ring (bicyclic) bond motifs is 1. The molecule has 0 amide bonds. The van der Waals surface area contributed by atoms with Gasteiger partial charge in [-0.25, -0.2) is 9.78 Å². The molecule has 2 N–H and O–H groups in total. The molecule has 0 saturated heterocycles. The largest absolute Gasteiger partial charge is 0.508 e. The summed E-state index contributed by atoms with van der Waals surface area (Å²) in [6, 6.07) is 17.8. The van der Waals surface area contributed by atoms with E-state index in [1.54, 1.807) is 24.3 Å². The highest BCUT2D eigenvalue weighted by atomic mass is 16.5. The molecule has 5 nitrogen and oxygen atoms in total. The van der Waals surface area contributed by atoms with E-state index in [4.69, 9.17) is 4.74 Å². The number of ether oxygens (including phenoxy) is 1. The molecule has 1 heterocycles. The maximum atomic E-state index is 12.1. The number of esters is 1. The molecular weight excluding hydrogens is 304 g/mol. The van der Waals surface area contributed by atoms with Gasteiger partial charge >= 0.3 is 5.97 Å². The summed E-state index contributed by atoms with van der Waals surface area (Å²) < 4.78 is 4.89. The number of aromatic nitrogens is 1. The van der Waals surface area contributed by atoms with E-state index >= 15 is 0 Å². The molecular formula is C19H18N2O3. The van der Waals surface area contributed by atoms with Gasteiger partial charge in [0.25, 0.3) is 0 Å². The smallest absolute Gasteiger partial charge is 0.328 e. The standard InChI is InChI=1S/C19H18N2O3/c1-24-19(23)17(12-13-6-9-15(22)10-7-13)21-18-11-8-14-4-2-3-5-16(14)20-18/h2-11,17,22H,12H2,1H3,(H,20,21). The number of para-hydroxylation sites is 1. The molecule has 0 saturated carbocycles. The van der Waals surface area contributed by atoms with Crippen LogP contribution in [0, 0.1) is 0 Å². The van der Waals surface area contributed by atoms with E-state index in [9.17, 15) is 9.90 Å². The number of nitrogens with one attached hydrogen (secondary N) is 1. The third-order valence-corrected chi connectivity index (χ3v) is 3.78. The second-order valence-corrected chi connectivity index (χ2v) is 5.48. The Morgan fingerprint density at radius 3 is 2.62 bits per heavy atom. The van der Waals surface area contributed by atoms with Crippen molar-refractivity contribution in [1.29, 1.82) is 0 Å². The lowest BCUT2D eigenvalue weighted by atomic mass is 10.1. The highest BCUT2D eigenvalue weighted by molar-refractivity contribution is 5.82. The van der Waals surface area contributed by atoms with Gasteiger partial charge in [0, 0.05) is 11.8 Å².